The summed E-state index contributed by atoms with van der Waals surface area (Å²) in [7, 11) is 0. The number of thioether (sulfide) groups is 1. The van der Waals surface area contributed by atoms with E-state index in [9.17, 15) is 9.59 Å². The maximum absolute atomic E-state index is 12.9. The summed E-state index contributed by atoms with van der Waals surface area (Å²) in [5.41, 5.74) is 7.10. The molecule has 1 unspecified atom stereocenters. The van der Waals surface area contributed by atoms with E-state index in [1.807, 2.05) is 24.4 Å². The maximum atomic E-state index is 12.9. The van der Waals surface area contributed by atoms with Gasteiger partial charge in [-0.3, -0.25) is 14.2 Å². The van der Waals surface area contributed by atoms with Gasteiger partial charge in [-0.05, 0) is 56.0 Å². The molecule has 0 aromatic carbocycles. The highest BCUT2D eigenvalue weighted by molar-refractivity contribution is 8.00. The van der Waals surface area contributed by atoms with Crippen molar-refractivity contribution in [3.8, 4) is 10.7 Å². The molecule has 0 aliphatic heterocycles. The van der Waals surface area contributed by atoms with Gasteiger partial charge in [-0.25, -0.2) is 0 Å². The molecule has 0 bridgehead atoms. The maximum Gasteiger partial charge on any atom is 0.251 e. The van der Waals surface area contributed by atoms with Gasteiger partial charge in [-0.2, -0.15) is 0 Å². The topological polar surface area (TPSA) is 103 Å². The van der Waals surface area contributed by atoms with Crippen molar-refractivity contribution in [2.45, 2.75) is 55.5 Å². The zero-order chi connectivity index (χ0) is 20.8. The highest BCUT2D eigenvalue weighted by Gasteiger charge is 2.32. The van der Waals surface area contributed by atoms with Crippen LogP contribution in [0.2, 0.25) is 0 Å². The molecule has 10 heteroatoms. The van der Waals surface area contributed by atoms with Gasteiger partial charge in [-0.15, -0.1) is 32.9 Å². The molecule has 1 atom stereocenters. The fraction of sp³-hybridized carbons (Fsp3) is 0.400. The van der Waals surface area contributed by atoms with Crippen LogP contribution in [0.1, 0.15) is 53.0 Å². The van der Waals surface area contributed by atoms with Gasteiger partial charge in [0.15, 0.2) is 11.0 Å². The highest BCUT2D eigenvalue weighted by atomic mass is 32.2. The van der Waals surface area contributed by atoms with Crippen molar-refractivity contribution in [3.05, 3.63) is 33.5 Å². The Bertz CT molecular complexity index is 1110. The molecule has 3 heterocycles. The molecule has 1 saturated carbocycles. The standard InChI is InChI=1S/C20H21N5O2S3/c1-10(18(27)22-19-15(16(21)26)12-4-2-5-13(12)30-19)29-20-24-23-17(14-6-3-9-28-14)25(20)11-7-8-11/h3,6,9-11H,2,4-5,7-8H2,1H3,(H2,21,26)(H,22,27). The third-order valence-electron chi connectivity index (χ3n) is 5.37. The number of nitrogens with zero attached hydrogens (tertiary/aromatic N) is 3. The number of thiophene rings is 2. The molecule has 7 nitrogen and oxygen atoms in total. The number of carbonyl (C=O) groups excluding carboxylic acids is 2. The van der Waals surface area contributed by atoms with Gasteiger partial charge in [0.05, 0.1) is 15.7 Å². The number of primary amides is 1. The number of aromatic nitrogens is 3. The lowest BCUT2D eigenvalue weighted by atomic mass is 10.1. The molecule has 156 valence electrons. The molecular formula is C20H21N5O2S3. The lowest BCUT2D eigenvalue weighted by Crippen LogP contribution is -2.24. The van der Waals surface area contributed by atoms with E-state index < -0.39 is 5.91 Å². The van der Waals surface area contributed by atoms with Crippen LogP contribution in [0.15, 0.2) is 22.7 Å². The third kappa shape index (κ3) is 3.57. The largest absolute Gasteiger partial charge is 0.365 e. The van der Waals surface area contributed by atoms with E-state index in [0.29, 0.717) is 16.6 Å². The Morgan fingerprint density at radius 1 is 1.33 bits per heavy atom. The molecule has 1 fully saturated rings. The van der Waals surface area contributed by atoms with Crippen molar-refractivity contribution in [2.24, 2.45) is 5.73 Å². The second-order valence-electron chi connectivity index (χ2n) is 7.56. The summed E-state index contributed by atoms with van der Waals surface area (Å²) >= 11 is 4.51. The Balaban J connectivity index is 1.35. The SMILES string of the molecule is CC(Sc1nnc(-c2cccs2)n1C1CC1)C(=O)Nc1sc2c(c1C(N)=O)CCC2. The van der Waals surface area contributed by atoms with Crippen molar-refractivity contribution in [1.82, 2.24) is 14.8 Å². The van der Waals surface area contributed by atoms with E-state index >= 15 is 0 Å². The minimum Gasteiger partial charge on any atom is -0.365 e. The predicted molar refractivity (Wildman–Crippen MR) is 120 cm³/mol. The molecule has 0 saturated heterocycles. The zero-order valence-electron chi connectivity index (χ0n) is 16.4. The summed E-state index contributed by atoms with van der Waals surface area (Å²) in [6, 6.07) is 4.44. The Morgan fingerprint density at radius 3 is 2.87 bits per heavy atom. The lowest BCUT2D eigenvalue weighted by molar-refractivity contribution is -0.115. The average Bonchev–Trinajstić information content (AvgIpc) is 3.11. The first-order valence-electron chi connectivity index (χ1n) is 9.93. The summed E-state index contributed by atoms with van der Waals surface area (Å²) in [6.07, 6.45) is 5.03. The smallest absolute Gasteiger partial charge is 0.251 e. The lowest BCUT2D eigenvalue weighted by Gasteiger charge is -2.13. The minimum absolute atomic E-state index is 0.162. The van der Waals surface area contributed by atoms with E-state index in [0.717, 1.165) is 58.4 Å². The van der Waals surface area contributed by atoms with Crippen molar-refractivity contribution in [1.29, 1.82) is 0 Å². The number of hydrogen-bond donors (Lipinski definition) is 2. The van der Waals surface area contributed by atoms with Gasteiger partial charge < -0.3 is 11.1 Å². The van der Waals surface area contributed by atoms with E-state index in [-0.39, 0.29) is 11.2 Å². The Hall–Kier alpha value is -2.17. The van der Waals surface area contributed by atoms with Gasteiger partial charge in [0, 0.05) is 10.9 Å². The number of nitrogens with two attached hydrogens (primary N) is 1. The summed E-state index contributed by atoms with van der Waals surface area (Å²) in [6.45, 7) is 1.85. The first-order chi connectivity index (χ1) is 14.5. The molecule has 0 spiro atoms. The number of aryl methyl sites for hydroxylation is 1. The number of carbonyl (C=O) groups is 2. The molecule has 3 aromatic rings. The molecule has 30 heavy (non-hydrogen) atoms. The van der Waals surface area contributed by atoms with Crippen LogP contribution in [0, 0.1) is 0 Å². The Morgan fingerprint density at radius 2 is 2.17 bits per heavy atom. The van der Waals surface area contributed by atoms with Crippen LogP contribution in [0.5, 0.6) is 0 Å². The van der Waals surface area contributed by atoms with Gasteiger partial charge in [-0.1, -0.05) is 17.8 Å². The molecule has 2 aliphatic carbocycles. The molecule has 5 rings (SSSR count). The molecular weight excluding hydrogens is 438 g/mol. The molecule has 2 amide bonds. The van der Waals surface area contributed by atoms with Crippen LogP contribution >= 0.6 is 34.4 Å². The van der Waals surface area contributed by atoms with Crippen LogP contribution < -0.4 is 11.1 Å². The quantitative estimate of drug-likeness (QED) is 0.518. The number of amides is 2. The summed E-state index contributed by atoms with van der Waals surface area (Å²) in [4.78, 5) is 27.1. The van der Waals surface area contributed by atoms with Crippen molar-refractivity contribution in [2.75, 3.05) is 5.32 Å². The fourth-order valence-corrected chi connectivity index (χ4v) is 6.69. The summed E-state index contributed by atoms with van der Waals surface area (Å²) < 4.78 is 2.16. The minimum atomic E-state index is -0.473. The molecule has 0 radical (unpaired) electrons. The Kier molecular flexibility index (Phi) is 5.16. The first kappa shape index (κ1) is 19.8. The average molecular weight is 460 g/mol. The van der Waals surface area contributed by atoms with Crippen LogP contribution in [0.3, 0.4) is 0 Å². The molecule has 3 aromatic heterocycles. The van der Waals surface area contributed by atoms with Crippen LogP contribution in [-0.4, -0.2) is 31.8 Å². The summed E-state index contributed by atoms with van der Waals surface area (Å²) in [5, 5.41) is 14.7. The van der Waals surface area contributed by atoms with Crippen LogP contribution in [0.25, 0.3) is 10.7 Å². The third-order valence-corrected chi connectivity index (χ3v) is 8.50. The number of anilines is 1. The zero-order valence-corrected chi connectivity index (χ0v) is 18.8. The number of nitrogens with one attached hydrogen (secondary N) is 1. The molecule has 3 N–H and O–H groups in total. The van der Waals surface area contributed by atoms with Gasteiger partial charge in [0.2, 0.25) is 5.91 Å². The molecule has 2 aliphatic rings. The number of fused-ring (bicyclic) bond motifs is 1. The van der Waals surface area contributed by atoms with E-state index in [1.165, 1.54) is 23.1 Å². The van der Waals surface area contributed by atoms with E-state index in [2.05, 4.69) is 20.1 Å². The first-order valence-corrected chi connectivity index (χ1v) is 12.5. The van der Waals surface area contributed by atoms with Crippen molar-refractivity contribution < 1.29 is 9.59 Å². The van der Waals surface area contributed by atoms with Gasteiger partial charge >= 0.3 is 0 Å². The highest BCUT2D eigenvalue weighted by Crippen LogP contribution is 2.43. The van der Waals surface area contributed by atoms with Gasteiger partial charge in [0.1, 0.15) is 5.00 Å². The van der Waals surface area contributed by atoms with Crippen molar-refractivity contribution >= 4 is 51.3 Å². The van der Waals surface area contributed by atoms with Crippen LogP contribution in [0.4, 0.5) is 5.00 Å². The normalized spacial score (nSPS) is 16.4. The summed E-state index contributed by atoms with van der Waals surface area (Å²) in [5.74, 6) is 0.234. The number of rotatable bonds is 7. The predicted octanol–water partition coefficient (Wildman–Crippen LogP) is 4.11. The van der Waals surface area contributed by atoms with E-state index in [1.54, 1.807) is 11.3 Å². The van der Waals surface area contributed by atoms with Crippen molar-refractivity contribution in [3.63, 3.8) is 0 Å². The second kappa shape index (κ2) is 7.82. The Labute approximate surface area is 186 Å². The van der Waals surface area contributed by atoms with E-state index in [4.69, 9.17) is 5.73 Å². The van der Waals surface area contributed by atoms with Gasteiger partial charge in [0.25, 0.3) is 5.91 Å². The second-order valence-corrected chi connectivity index (χ2v) is 10.9. The number of hydrogen-bond acceptors (Lipinski definition) is 7. The van der Waals surface area contributed by atoms with Crippen LogP contribution in [-0.2, 0) is 17.6 Å². The monoisotopic (exact) mass is 459 g/mol. The fourth-order valence-electron chi connectivity index (χ4n) is 3.77.